The lowest BCUT2D eigenvalue weighted by Gasteiger charge is -2.29. The van der Waals surface area contributed by atoms with Crippen LogP contribution in [0, 0.1) is 6.92 Å². The Bertz CT molecular complexity index is 1060. The zero-order valence-electron chi connectivity index (χ0n) is 17.5. The standard InChI is InChI=1S/C21H24N2O6S2/c1-14-10-17(23-6-8-30-9-7-23)4-5-19(14)22-31(26,27)18-12-15(20(24)28-2)11-16(13-18)21(25)29-3/h4-5,10-13,22H,6-9H2,1-3H3. The molecule has 1 heterocycles. The number of ether oxygens (including phenoxy) is 2. The number of esters is 2. The molecule has 0 unspecified atom stereocenters. The minimum absolute atomic E-state index is 0.0687. The number of aryl methyl sites for hydroxylation is 1. The Kier molecular flexibility index (Phi) is 7.11. The first-order chi connectivity index (χ1) is 14.7. The van der Waals surface area contributed by atoms with Gasteiger partial charge in [-0.15, -0.1) is 0 Å². The van der Waals surface area contributed by atoms with Crippen molar-refractivity contribution in [3.8, 4) is 0 Å². The van der Waals surface area contributed by atoms with E-state index in [-0.39, 0.29) is 16.0 Å². The molecule has 0 radical (unpaired) electrons. The molecule has 1 aliphatic rings. The van der Waals surface area contributed by atoms with E-state index in [0.29, 0.717) is 5.69 Å². The first-order valence-electron chi connectivity index (χ1n) is 9.53. The molecule has 0 spiro atoms. The molecule has 10 heteroatoms. The van der Waals surface area contributed by atoms with E-state index in [1.54, 1.807) is 6.07 Å². The van der Waals surface area contributed by atoms with Crippen LogP contribution in [-0.4, -0.2) is 59.2 Å². The third-order valence-electron chi connectivity index (χ3n) is 4.89. The van der Waals surface area contributed by atoms with E-state index in [1.165, 1.54) is 20.3 Å². The van der Waals surface area contributed by atoms with Gasteiger partial charge in [-0.2, -0.15) is 11.8 Å². The number of anilines is 2. The van der Waals surface area contributed by atoms with E-state index < -0.39 is 22.0 Å². The number of hydrogen-bond donors (Lipinski definition) is 1. The lowest BCUT2D eigenvalue weighted by atomic mass is 10.1. The van der Waals surface area contributed by atoms with Gasteiger partial charge in [0.05, 0.1) is 35.9 Å². The third-order valence-corrected chi connectivity index (χ3v) is 7.18. The van der Waals surface area contributed by atoms with Gasteiger partial charge in [0.1, 0.15) is 0 Å². The average Bonchev–Trinajstić information content (AvgIpc) is 2.79. The first-order valence-corrected chi connectivity index (χ1v) is 12.2. The van der Waals surface area contributed by atoms with Crippen LogP contribution < -0.4 is 9.62 Å². The summed E-state index contributed by atoms with van der Waals surface area (Å²) in [4.78, 5) is 25.9. The van der Waals surface area contributed by atoms with Crippen LogP contribution in [0.1, 0.15) is 26.3 Å². The van der Waals surface area contributed by atoms with Crippen LogP contribution >= 0.6 is 11.8 Å². The fourth-order valence-corrected chi connectivity index (χ4v) is 5.31. The molecule has 0 bridgehead atoms. The van der Waals surface area contributed by atoms with Gasteiger partial charge in [0.25, 0.3) is 10.0 Å². The van der Waals surface area contributed by atoms with Gasteiger partial charge in [-0.05, 0) is 48.9 Å². The highest BCUT2D eigenvalue weighted by Gasteiger charge is 2.22. The smallest absolute Gasteiger partial charge is 0.337 e. The van der Waals surface area contributed by atoms with E-state index in [1.807, 2.05) is 30.8 Å². The summed E-state index contributed by atoms with van der Waals surface area (Å²) in [6, 6.07) is 9.10. The summed E-state index contributed by atoms with van der Waals surface area (Å²) in [7, 11) is -1.74. The summed E-state index contributed by atoms with van der Waals surface area (Å²) >= 11 is 1.92. The van der Waals surface area contributed by atoms with Crippen molar-refractivity contribution in [1.82, 2.24) is 0 Å². The van der Waals surface area contributed by atoms with Gasteiger partial charge in [0.2, 0.25) is 0 Å². The second-order valence-electron chi connectivity index (χ2n) is 6.93. The van der Waals surface area contributed by atoms with Gasteiger partial charge in [-0.3, -0.25) is 4.72 Å². The Labute approximate surface area is 186 Å². The summed E-state index contributed by atoms with van der Waals surface area (Å²) in [5.41, 5.74) is 2.08. The van der Waals surface area contributed by atoms with E-state index in [0.717, 1.165) is 48.0 Å². The van der Waals surface area contributed by atoms with Gasteiger partial charge >= 0.3 is 11.9 Å². The molecule has 8 nitrogen and oxygen atoms in total. The number of sulfonamides is 1. The van der Waals surface area contributed by atoms with E-state index in [9.17, 15) is 18.0 Å². The van der Waals surface area contributed by atoms with E-state index >= 15 is 0 Å². The molecule has 31 heavy (non-hydrogen) atoms. The zero-order valence-corrected chi connectivity index (χ0v) is 19.1. The van der Waals surface area contributed by atoms with Crippen molar-refractivity contribution < 1.29 is 27.5 Å². The highest BCUT2D eigenvalue weighted by atomic mass is 32.2. The van der Waals surface area contributed by atoms with Crippen molar-refractivity contribution in [2.24, 2.45) is 0 Å². The van der Waals surface area contributed by atoms with Gasteiger partial charge in [-0.1, -0.05) is 0 Å². The van der Waals surface area contributed by atoms with Crippen molar-refractivity contribution in [2.75, 3.05) is 48.4 Å². The number of hydrogen-bond acceptors (Lipinski definition) is 8. The van der Waals surface area contributed by atoms with Crippen LogP contribution in [0.2, 0.25) is 0 Å². The maximum atomic E-state index is 13.0. The highest BCUT2D eigenvalue weighted by molar-refractivity contribution is 7.99. The molecular formula is C21H24N2O6S2. The molecule has 0 atom stereocenters. The van der Waals surface area contributed by atoms with Crippen LogP contribution in [-0.2, 0) is 19.5 Å². The molecule has 0 saturated carbocycles. The van der Waals surface area contributed by atoms with Crippen LogP contribution in [0.4, 0.5) is 11.4 Å². The van der Waals surface area contributed by atoms with Crippen LogP contribution in [0.3, 0.4) is 0 Å². The molecule has 166 valence electrons. The molecule has 2 aromatic carbocycles. The molecule has 1 N–H and O–H groups in total. The third kappa shape index (κ3) is 5.31. The zero-order chi connectivity index (χ0) is 22.6. The van der Waals surface area contributed by atoms with Gasteiger partial charge in [0.15, 0.2) is 0 Å². The van der Waals surface area contributed by atoms with Crippen LogP contribution in [0.5, 0.6) is 0 Å². The minimum atomic E-state index is -4.08. The summed E-state index contributed by atoms with van der Waals surface area (Å²) in [5.74, 6) is 0.601. The Morgan fingerprint density at radius 3 is 2.06 bits per heavy atom. The maximum Gasteiger partial charge on any atom is 0.337 e. The molecule has 1 saturated heterocycles. The minimum Gasteiger partial charge on any atom is -0.465 e. The normalized spacial score (nSPS) is 14.1. The lowest BCUT2D eigenvalue weighted by molar-refractivity contribution is 0.0598. The van der Waals surface area contributed by atoms with Crippen molar-refractivity contribution >= 4 is 45.1 Å². The predicted molar refractivity (Wildman–Crippen MR) is 121 cm³/mol. The number of methoxy groups -OCH3 is 2. The molecular weight excluding hydrogens is 440 g/mol. The van der Waals surface area contributed by atoms with Crippen molar-refractivity contribution in [1.29, 1.82) is 0 Å². The van der Waals surface area contributed by atoms with Crippen LogP contribution in [0.15, 0.2) is 41.3 Å². The summed E-state index contributed by atoms with van der Waals surface area (Å²) in [6.45, 7) is 3.72. The van der Waals surface area contributed by atoms with E-state index in [2.05, 4.69) is 19.1 Å². The predicted octanol–water partition coefficient (Wildman–Crippen LogP) is 2.92. The molecule has 1 aliphatic heterocycles. The summed E-state index contributed by atoms with van der Waals surface area (Å²) in [5, 5.41) is 0. The van der Waals surface area contributed by atoms with Crippen molar-refractivity contribution in [3.63, 3.8) is 0 Å². The maximum absolute atomic E-state index is 13.0. The number of carbonyl (C=O) groups excluding carboxylic acids is 2. The second-order valence-corrected chi connectivity index (χ2v) is 9.84. The van der Waals surface area contributed by atoms with Gasteiger partial charge in [0, 0.05) is 30.3 Å². The lowest BCUT2D eigenvalue weighted by Crippen LogP contribution is -2.32. The number of thioether (sulfide) groups is 1. The Balaban J connectivity index is 1.92. The van der Waals surface area contributed by atoms with E-state index in [4.69, 9.17) is 0 Å². The Morgan fingerprint density at radius 1 is 0.968 bits per heavy atom. The average molecular weight is 465 g/mol. The van der Waals surface area contributed by atoms with Gasteiger partial charge in [-0.25, -0.2) is 18.0 Å². The molecule has 1 fully saturated rings. The number of nitrogens with zero attached hydrogens (tertiary/aromatic N) is 1. The summed E-state index contributed by atoms with van der Waals surface area (Å²) in [6.07, 6.45) is 0. The summed E-state index contributed by atoms with van der Waals surface area (Å²) < 4.78 is 38.0. The number of carbonyl (C=O) groups is 2. The topological polar surface area (TPSA) is 102 Å². The second kappa shape index (κ2) is 9.61. The Morgan fingerprint density at radius 2 is 1.55 bits per heavy atom. The van der Waals surface area contributed by atoms with Gasteiger partial charge < -0.3 is 14.4 Å². The molecule has 0 aliphatic carbocycles. The van der Waals surface area contributed by atoms with Crippen LogP contribution in [0.25, 0.3) is 0 Å². The fourth-order valence-electron chi connectivity index (χ4n) is 3.21. The monoisotopic (exact) mass is 464 g/mol. The molecule has 3 rings (SSSR count). The molecule has 0 aromatic heterocycles. The highest BCUT2D eigenvalue weighted by Crippen LogP contribution is 2.27. The fraction of sp³-hybridized carbons (Fsp3) is 0.333. The quantitative estimate of drug-likeness (QED) is 0.651. The number of nitrogens with one attached hydrogen (secondary N) is 1. The van der Waals surface area contributed by atoms with Crippen molar-refractivity contribution in [3.05, 3.63) is 53.1 Å². The first kappa shape index (κ1) is 23.0. The number of benzene rings is 2. The molecule has 0 amide bonds. The number of rotatable bonds is 6. The molecule has 2 aromatic rings. The Hall–Kier alpha value is -2.72. The SMILES string of the molecule is COC(=O)c1cc(C(=O)OC)cc(S(=O)(=O)Nc2ccc(N3CCSCC3)cc2C)c1. The largest absolute Gasteiger partial charge is 0.465 e. The van der Waals surface area contributed by atoms with Crippen molar-refractivity contribution in [2.45, 2.75) is 11.8 Å².